The normalized spacial score (nSPS) is 15.6. The van der Waals surface area contributed by atoms with E-state index in [1.54, 1.807) is 18.0 Å². The van der Waals surface area contributed by atoms with Gasteiger partial charge in [0.05, 0.1) is 11.0 Å². The third-order valence-corrected chi connectivity index (χ3v) is 2.84. The molecule has 16 heavy (non-hydrogen) atoms. The van der Waals surface area contributed by atoms with Gasteiger partial charge in [-0.1, -0.05) is 6.07 Å². The van der Waals surface area contributed by atoms with Crippen LogP contribution in [-0.4, -0.2) is 31.1 Å². The standard InChI is InChI=1S/C10H12FN3O2/c1-13(7-5-12-6-7)9-4-2-3-8(11)10(9)14(15)16/h2-4,7,12H,5-6H2,1H3. The van der Waals surface area contributed by atoms with Gasteiger partial charge in [-0.2, -0.15) is 4.39 Å². The Labute approximate surface area is 92.0 Å². The molecule has 0 radical (unpaired) electrons. The zero-order valence-electron chi connectivity index (χ0n) is 8.81. The molecule has 1 N–H and O–H groups in total. The predicted molar refractivity (Wildman–Crippen MR) is 58.1 cm³/mol. The number of hydrogen-bond acceptors (Lipinski definition) is 4. The van der Waals surface area contributed by atoms with Crippen molar-refractivity contribution in [3.05, 3.63) is 34.1 Å². The molecule has 1 fully saturated rings. The van der Waals surface area contributed by atoms with Crippen LogP contribution in [0.5, 0.6) is 0 Å². The summed E-state index contributed by atoms with van der Waals surface area (Å²) >= 11 is 0. The molecule has 1 heterocycles. The van der Waals surface area contributed by atoms with E-state index >= 15 is 0 Å². The monoisotopic (exact) mass is 225 g/mol. The van der Waals surface area contributed by atoms with Gasteiger partial charge >= 0.3 is 5.69 Å². The average Bonchev–Trinajstić information content (AvgIpc) is 2.13. The Kier molecular flexibility index (Phi) is 2.74. The first kappa shape index (κ1) is 10.8. The predicted octanol–water partition coefficient (Wildman–Crippen LogP) is 1.14. The van der Waals surface area contributed by atoms with Crippen molar-refractivity contribution < 1.29 is 9.31 Å². The molecule has 1 aromatic rings. The summed E-state index contributed by atoms with van der Waals surface area (Å²) in [5, 5.41) is 13.9. The van der Waals surface area contributed by atoms with Gasteiger partial charge in [-0.15, -0.1) is 0 Å². The quantitative estimate of drug-likeness (QED) is 0.619. The summed E-state index contributed by atoms with van der Waals surface area (Å²) in [6.07, 6.45) is 0. The molecule has 0 aliphatic carbocycles. The Hall–Kier alpha value is -1.69. The van der Waals surface area contributed by atoms with Gasteiger partial charge in [-0.3, -0.25) is 10.1 Å². The van der Waals surface area contributed by atoms with E-state index < -0.39 is 16.4 Å². The van der Waals surface area contributed by atoms with Crippen molar-refractivity contribution in [2.45, 2.75) is 6.04 Å². The Morgan fingerprint density at radius 1 is 1.56 bits per heavy atom. The molecule has 2 rings (SSSR count). The third kappa shape index (κ3) is 1.71. The van der Waals surface area contributed by atoms with Crippen LogP contribution >= 0.6 is 0 Å². The molecule has 0 unspecified atom stereocenters. The van der Waals surface area contributed by atoms with E-state index in [0.29, 0.717) is 5.69 Å². The van der Waals surface area contributed by atoms with Crippen molar-refractivity contribution in [2.75, 3.05) is 25.0 Å². The summed E-state index contributed by atoms with van der Waals surface area (Å²) in [6, 6.07) is 4.36. The maximum Gasteiger partial charge on any atom is 0.327 e. The van der Waals surface area contributed by atoms with E-state index in [0.717, 1.165) is 19.2 Å². The van der Waals surface area contributed by atoms with E-state index in [2.05, 4.69) is 5.32 Å². The molecule has 1 aliphatic rings. The molecule has 1 saturated heterocycles. The van der Waals surface area contributed by atoms with Crippen LogP contribution < -0.4 is 10.2 Å². The van der Waals surface area contributed by atoms with E-state index in [1.807, 2.05) is 0 Å². The number of likely N-dealkylation sites (N-methyl/N-ethyl adjacent to an activating group) is 1. The van der Waals surface area contributed by atoms with E-state index in [9.17, 15) is 14.5 Å². The second-order valence-corrected chi connectivity index (χ2v) is 3.79. The molecule has 0 saturated carbocycles. The van der Waals surface area contributed by atoms with Crippen molar-refractivity contribution in [2.24, 2.45) is 0 Å². The zero-order valence-corrected chi connectivity index (χ0v) is 8.81. The van der Waals surface area contributed by atoms with Crippen LogP contribution in [0.2, 0.25) is 0 Å². The lowest BCUT2D eigenvalue weighted by atomic mass is 10.1. The molecule has 0 bridgehead atoms. The summed E-state index contributed by atoms with van der Waals surface area (Å²) in [4.78, 5) is 11.9. The fourth-order valence-electron chi connectivity index (χ4n) is 1.71. The molecule has 86 valence electrons. The van der Waals surface area contributed by atoms with Crippen LogP contribution in [0.3, 0.4) is 0 Å². The first-order chi connectivity index (χ1) is 7.61. The van der Waals surface area contributed by atoms with Gasteiger partial charge in [-0.05, 0) is 12.1 Å². The second-order valence-electron chi connectivity index (χ2n) is 3.79. The molecular formula is C10H12FN3O2. The van der Waals surface area contributed by atoms with Crippen molar-refractivity contribution >= 4 is 11.4 Å². The molecule has 6 heteroatoms. The van der Waals surface area contributed by atoms with Gasteiger partial charge in [0.25, 0.3) is 0 Å². The molecule has 5 nitrogen and oxygen atoms in total. The molecule has 0 atom stereocenters. The lowest BCUT2D eigenvalue weighted by molar-refractivity contribution is -0.386. The number of hydrogen-bond donors (Lipinski definition) is 1. The van der Waals surface area contributed by atoms with E-state index in [1.165, 1.54) is 6.07 Å². The largest absolute Gasteiger partial charge is 0.363 e. The number of benzene rings is 1. The van der Waals surface area contributed by atoms with E-state index in [4.69, 9.17) is 0 Å². The Balaban J connectivity index is 2.38. The summed E-state index contributed by atoms with van der Waals surface area (Å²) in [6.45, 7) is 1.54. The van der Waals surface area contributed by atoms with Crippen LogP contribution in [-0.2, 0) is 0 Å². The Morgan fingerprint density at radius 2 is 2.25 bits per heavy atom. The van der Waals surface area contributed by atoms with Crippen molar-refractivity contribution in [3.8, 4) is 0 Å². The van der Waals surface area contributed by atoms with E-state index in [-0.39, 0.29) is 6.04 Å². The van der Waals surface area contributed by atoms with Gasteiger partial charge in [0.15, 0.2) is 0 Å². The van der Waals surface area contributed by atoms with Crippen LogP contribution in [0.1, 0.15) is 0 Å². The first-order valence-electron chi connectivity index (χ1n) is 4.97. The minimum atomic E-state index is -0.790. The van der Waals surface area contributed by atoms with Crippen LogP contribution in [0, 0.1) is 15.9 Å². The number of nitro benzene ring substituents is 1. The highest BCUT2D eigenvalue weighted by molar-refractivity contribution is 5.64. The molecule has 0 amide bonds. The van der Waals surface area contributed by atoms with Crippen LogP contribution in [0.25, 0.3) is 0 Å². The number of halogens is 1. The number of para-hydroxylation sites is 1. The lowest BCUT2D eigenvalue weighted by Gasteiger charge is -2.36. The highest BCUT2D eigenvalue weighted by Crippen LogP contribution is 2.31. The maximum atomic E-state index is 13.4. The van der Waals surface area contributed by atoms with Gasteiger partial charge in [0.2, 0.25) is 5.82 Å². The first-order valence-corrected chi connectivity index (χ1v) is 4.97. The molecule has 1 aromatic carbocycles. The second kappa shape index (κ2) is 4.05. The van der Waals surface area contributed by atoms with Gasteiger partial charge < -0.3 is 10.2 Å². The Morgan fingerprint density at radius 3 is 2.75 bits per heavy atom. The fraction of sp³-hybridized carbons (Fsp3) is 0.400. The minimum absolute atomic E-state index is 0.195. The minimum Gasteiger partial charge on any atom is -0.363 e. The molecule has 0 aromatic heterocycles. The van der Waals surface area contributed by atoms with Crippen molar-refractivity contribution in [1.82, 2.24) is 5.32 Å². The molecular weight excluding hydrogens is 213 g/mol. The lowest BCUT2D eigenvalue weighted by Crippen LogP contribution is -2.56. The average molecular weight is 225 g/mol. The van der Waals surface area contributed by atoms with Crippen LogP contribution in [0.4, 0.5) is 15.8 Å². The summed E-state index contributed by atoms with van der Waals surface area (Å²) < 4.78 is 13.4. The topological polar surface area (TPSA) is 58.4 Å². The summed E-state index contributed by atoms with van der Waals surface area (Å²) in [5.41, 5.74) is -0.117. The number of nitrogens with one attached hydrogen (secondary N) is 1. The smallest absolute Gasteiger partial charge is 0.327 e. The van der Waals surface area contributed by atoms with Gasteiger partial charge in [-0.25, -0.2) is 0 Å². The van der Waals surface area contributed by atoms with Gasteiger partial charge in [0, 0.05) is 20.1 Å². The number of nitro groups is 1. The van der Waals surface area contributed by atoms with Gasteiger partial charge in [0.1, 0.15) is 5.69 Å². The third-order valence-electron chi connectivity index (χ3n) is 2.84. The Bertz CT molecular complexity index is 421. The number of rotatable bonds is 3. The molecule has 1 aliphatic heterocycles. The highest BCUT2D eigenvalue weighted by Gasteiger charge is 2.28. The SMILES string of the molecule is CN(c1cccc(F)c1[N+](=O)[O-])C1CNC1. The van der Waals surface area contributed by atoms with Crippen molar-refractivity contribution in [3.63, 3.8) is 0 Å². The van der Waals surface area contributed by atoms with Crippen molar-refractivity contribution in [1.29, 1.82) is 0 Å². The number of nitrogens with zero attached hydrogens (tertiary/aromatic N) is 2. The summed E-state index contributed by atoms with van der Waals surface area (Å²) in [7, 11) is 1.74. The zero-order chi connectivity index (χ0) is 11.7. The fourth-order valence-corrected chi connectivity index (χ4v) is 1.71. The highest BCUT2D eigenvalue weighted by atomic mass is 19.1. The van der Waals surface area contributed by atoms with Crippen LogP contribution in [0.15, 0.2) is 18.2 Å². The maximum absolute atomic E-state index is 13.4. The number of anilines is 1. The summed E-state index contributed by atoms with van der Waals surface area (Å²) in [5.74, 6) is -0.790. The molecule has 0 spiro atoms.